The lowest BCUT2D eigenvalue weighted by Gasteiger charge is -2.15. The molecule has 2 N–H and O–H groups in total. The van der Waals surface area contributed by atoms with Gasteiger partial charge in [-0.2, -0.15) is 0 Å². The maximum absolute atomic E-state index is 13.0. The molecule has 0 saturated carbocycles. The zero-order valence-electron chi connectivity index (χ0n) is 13.6. The van der Waals surface area contributed by atoms with Gasteiger partial charge < -0.3 is 10.5 Å². The van der Waals surface area contributed by atoms with E-state index in [0.29, 0.717) is 21.9 Å². The fourth-order valence-corrected chi connectivity index (χ4v) is 4.59. The normalized spacial score (nSPS) is 13.7. The molecule has 0 radical (unpaired) electrons. The highest BCUT2D eigenvalue weighted by Crippen LogP contribution is 2.39. The maximum Gasteiger partial charge on any atom is 0.208 e. The first-order chi connectivity index (χ1) is 11.7. The monoisotopic (exact) mass is 337 g/mol. The van der Waals surface area contributed by atoms with Crippen molar-refractivity contribution < 1.29 is 9.53 Å². The summed E-state index contributed by atoms with van der Waals surface area (Å²) in [6.07, 6.45) is 4.71. The fraction of sp³-hybridized carbons (Fsp3) is 0.250. The van der Waals surface area contributed by atoms with Crippen LogP contribution in [0.1, 0.15) is 39.2 Å². The molecule has 4 rings (SSSR count). The Morgan fingerprint density at radius 3 is 2.58 bits per heavy atom. The number of thiophene rings is 1. The number of hydrogen-bond acceptors (Lipinski definition) is 4. The molecule has 4 heteroatoms. The summed E-state index contributed by atoms with van der Waals surface area (Å²) in [4.78, 5) is 13.6. The number of ketones is 1. The Bertz CT molecular complexity index is 942. The van der Waals surface area contributed by atoms with E-state index in [1.165, 1.54) is 35.3 Å². The van der Waals surface area contributed by atoms with E-state index >= 15 is 0 Å². The molecule has 3 aromatic rings. The minimum absolute atomic E-state index is 0.0656. The van der Waals surface area contributed by atoms with Crippen LogP contribution in [0.3, 0.4) is 0 Å². The smallest absolute Gasteiger partial charge is 0.208 e. The van der Waals surface area contributed by atoms with Crippen molar-refractivity contribution in [3.8, 4) is 5.75 Å². The third kappa shape index (κ3) is 2.38. The van der Waals surface area contributed by atoms with Gasteiger partial charge in [0.1, 0.15) is 5.75 Å². The summed E-state index contributed by atoms with van der Waals surface area (Å²) in [5, 5.41) is 1.01. The summed E-state index contributed by atoms with van der Waals surface area (Å²) in [5.74, 6) is 0.516. The first-order valence-corrected chi connectivity index (χ1v) is 9.02. The average molecular weight is 337 g/mol. The average Bonchev–Trinajstić information content (AvgIpc) is 2.95. The first kappa shape index (κ1) is 15.2. The number of para-hydroxylation sites is 1. The van der Waals surface area contributed by atoms with Crippen molar-refractivity contribution >= 4 is 32.9 Å². The quantitative estimate of drug-likeness (QED) is 0.711. The van der Waals surface area contributed by atoms with Gasteiger partial charge in [-0.1, -0.05) is 12.1 Å². The van der Waals surface area contributed by atoms with Gasteiger partial charge in [0, 0.05) is 10.1 Å². The molecule has 0 amide bonds. The van der Waals surface area contributed by atoms with Gasteiger partial charge in [0.05, 0.1) is 23.2 Å². The molecule has 2 aromatic carbocycles. The third-order valence-corrected chi connectivity index (χ3v) is 5.92. The van der Waals surface area contributed by atoms with Gasteiger partial charge in [0.25, 0.3) is 0 Å². The molecule has 0 atom stereocenters. The molecule has 1 aromatic heterocycles. The first-order valence-electron chi connectivity index (χ1n) is 8.20. The van der Waals surface area contributed by atoms with E-state index in [-0.39, 0.29) is 5.78 Å². The number of hydrogen-bond donors (Lipinski definition) is 1. The second-order valence-corrected chi connectivity index (χ2v) is 7.25. The van der Waals surface area contributed by atoms with Crippen LogP contribution in [0.4, 0.5) is 5.69 Å². The number of anilines is 1. The molecule has 0 fully saturated rings. The Balaban J connectivity index is 1.85. The van der Waals surface area contributed by atoms with Crippen molar-refractivity contribution in [1.82, 2.24) is 0 Å². The van der Waals surface area contributed by atoms with Crippen molar-refractivity contribution in [2.24, 2.45) is 0 Å². The van der Waals surface area contributed by atoms with Crippen LogP contribution < -0.4 is 10.5 Å². The van der Waals surface area contributed by atoms with Crippen molar-refractivity contribution in [3.63, 3.8) is 0 Å². The summed E-state index contributed by atoms with van der Waals surface area (Å²) >= 11 is 1.49. The molecular weight excluding hydrogens is 318 g/mol. The number of fused-ring (bicyclic) bond motifs is 2. The summed E-state index contributed by atoms with van der Waals surface area (Å²) in [6, 6.07) is 11.7. The van der Waals surface area contributed by atoms with Crippen molar-refractivity contribution in [2.75, 3.05) is 12.8 Å². The van der Waals surface area contributed by atoms with E-state index in [9.17, 15) is 4.79 Å². The molecule has 0 unspecified atom stereocenters. The zero-order valence-corrected chi connectivity index (χ0v) is 14.4. The van der Waals surface area contributed by atoms with E-state index < -0.39 is 0 Å². The van der Waals surface area contributed by atoms with Gasteiger partial charge in [-0.05, 0) is 61.1 Å². The number of carbonyl (C=O) groups is 1. The Labute approximate surface area is 145 Å². The number of carbonyl (C=O) groups excluding carboxylic acids is 1. The topological polar surface area (TPSA) is 52.3 Å². The van der Waals surface area contributed by atoms with E-state index in [1.807, 2.05) is 12.1 Å². The lowest BCUT2D eigenvalue weighted by molar-refractivity contribution is 0.104. The van der Waals surface area contributed by atoms with E-state index in [0.717, 1.165) is 22.9 Å². The van der Waals surface area contributed by atoms with E-state index in [2.05, 4.69) is 12.1 Å². The predicted molar refractivity (Wildman–Crippen MR) is 99.3 cm³/mol. The number of ether oxygens (including phenoxy) is 1. The molecular formula is C20H19NO2S. The summed E-state index contributed by atoms with van der Waals surface area (Å²) in [7, 11) is 1.58. The molecule has 1 heterocycles. The second-order valence-electron chi connectivity index (χ2n) is 6.20. The minimum Gasteiger partial charge on any atom is -0.496 e. The number of nitrogen functional groups attached to an aromatic ring is 1. The number of nitrogens with two attached hydrogens (primary N) is 1. The van der Waals surface area contributed by atoms with E-state index in [4.69, 9.17) is 10.5 Å². The Kier molecular flexibility index (Phi) is 3.77. The molecule has 0 saturated heterocycles. The van der Waals surface area contributed by atoms with Gasteiger partial charge in [-0.3, -0.25) is 4.79 Å². The van der Waals surface area contributed by atoms with Crippen LogP contribution in [0.15, 0.2) is 36.4 Å². The second kappa shape index (κ2) is 5.95. The van der Waals surface area contributed by atoms with Crippen LogP contribution in [0.25, 0.3) is 10.1 Å². The van der Waals surface area contributed by atoms with Crippen LogP contribution in [0.2, 0.25) is 0 Å². The molecule has 1 aliphatic rings. The van der Waals surface area contributed by atoms with Crippen molar-refractivity contribution in [2.45, 2.75) is 25.7 Å². The minimum atomic E-state index is -0.0656. The van der Waals surface area contributed by atoms with Crippen LogP contribution in [0, 0.1) is 0 Å². The van der Waals surface area contributed by atoms with Crippen molar-refractivity contribution in [3.05, 3.63) is 58.0 Å². The summed E-state index contributed by atoms with van der Waals surface area (Å²) < 4.78 is 6.43. The number of benzene rings is 2. The lowest BCUT2D eigenvalue weighted by Crippen LogP contribution is -2.04. The number of rotatable bonds is 3. The predicted octanol–water partition coefficient (Wildman–Crippen LogP) is 4.60. The lowest BCUT2D eigenvalue weighted by atomic mass is 9.91. The summed E-state index contributed by atoms with van der Waals surface area (Å²) in [6.45, 7) is 0. The maximum atomic E-state index is 13.0. The SMILES string of the molecule is COc1ccccc1C(=O)c1sc2cc3c(cc2c1N)CCCC3. The molecule has 3 nitrogen and oxygen atoms in total. The van der Waals surface area contributed by atoms with Crippen LogP contribution in [-0.2, 0) is 12.8 Å². The molecule has 24 heavy (non-hydrogen) atoms. The van der Waals surface area contributed by atoms with Gasteiger partial charge in [0.2, 0.25) is 5.78 Å². The van der Waals surface area contributed by atoms with Crippen molar-refractivity contribution in [1.29, 1.82) is 0 Å². The van der Waals surface area contributed by atoms with Crippen LogP contribution >= 0.6 is 11.3 Å². The highest BCUT2D eigenvalue weighted by atomic mass is 32.1. The largest absolute Gasteiger partial charge is 0.496 e. The van der Waals surface area contributed by atoms with Gasteiger partial charge in [-0.25, -0.2) is 0 Å². The van der Waals surface area contributed by atoms with Crippen LogP contribution in [0.5, 0.6) is 5.75 Å². The number of aryl methyl sites for hydroxylation is 2. The Morgan fingerprint density at radius 1 is 1.12 bits per heavy atom. The highest BCUT2D eigenvalue weighted by molar-refractivity contribution is 7.21. The highest BCUT2D eigenvalue weighted by Gasteiger charge is 2.22. The zero-order chi connectivity index (χ0) is 16.7. The van der Waals surface area contributed by atoms with Crippen LogP contribution in [-0.4, -0.2) is 12.9 Å². The summed E-state index contributed by atoms with van der Waals surface area (Å²) in [5.41, 5.74) is 10.3. The Morgan fingerprint density at radius 2 is 1.83 bits per heavy atom. The third-order valence-electron chi connectivity index (χ3n) is 4.75. The van der Waals surface area contributed by atoms with Gasteiger partial charge in [-0.15, -0.1) is 11.3 Å². The molecule has 0 spiro atoms. The molecule has 0 aliphatic heterocycles. The van der Waals surface area contributed by atoms with Gasteiger partial charge in [0.15, 0.2) is 0 Å². The molecule has 1 aliphatic carbocycles. The number of methoxy groups -OCH3 is 1. The molecule has 122 valence electrons. The molecule has 0 bridgehead atoms. The standard InChI is InChI=1S/C20H19NO2S/c1-23-16-9-5-4-8-14(16)19(22)20-18(21)15-10-12-6-2-3-7-13(12)11-17(15)24-20/h4-5,8-11H,2-3,6-7,21H2,1H3. The van der Waals surface area contributed by atoms with E-state index in [1.54, 1.807) is 19.2 Å². The fourth-order valence-electron chi connectivity index (χ4n) is 3.47. The van der Waals surface area contributed by atoms with Gasteiger partial charge >= 0.3 is 0 Å². The Hall–Kier alpha value is -2.33.